The number of nitrogens with two attached hydrogens (primary N) is 2. The minimum Gasteiger partial charge on any atom is -0.364 e. The minimum absolute atomic E-state index is 0.0966. The Bertz CT molecular complexity index is 1050. The summed E-state index contributed by atoms with van der Waals surface area (Å²) in [5.41, 5.74) is 13.4. The van der Waals surface area contributed by atoms with Crippen molar-refractivity contribution in [2.24, 2.45) is 11.5 Å². The van der Waals surface area contributed by atoms with Crippen LogP contribution in [0.4, 0.5) is 10.5 Å². The molecule has 0 saturated carbocycles. The summed E-state index contributed by atoms with van der Waals surface area (Å²) in [4.78, 5) is 22.6. The van der Waals surface area contributed by atoms with Crippen LogP contribution in [0, 0.1) is 11.3 Å². The number of urea groups is 1. The highest BCUT2D eigenvalue weighted by Crippen LogP contribution is 2.24. The number of primary amides is 2. The zero-order valence-electron chi connectivity index (χ0n) is 13.5. The fourth-order valence-corrected chi connectivity index (χ4v) is 2.51. The fourth-order valence-electron chi connectivity index (χ4n) is 2.51. The van der Waals surface area contributed by atoms with E-state index in [0.29, 0.717) is 11.3 Å². The molecule has 8 nitrogen and oxygen atoms in total. The Morgan fingerprint density at radius 3 is 2.42 bits per heavy atom. The fraction of sp³-hybridized carbons (Fsp3) is 0. The maximum absolute atomic E-state index is 11.5. The summed E-state index contributed by atoms with van der Waals surface area (Å²) in [6, 6.07) is 15.8. The molecule has 3 amide bonds. The van der Waals surface area contributed by atoms with Crippen LogP contribution >= 0.6 is 0 Å². The van der Waals surface area contributed by atoms with Crippen molar-refractivity contribution in [3.8, 4) is 22.9 Å². The Hall–Kier alpha value is -4.12. The van der Waals surface area contributed by atoms with E-state index < -0.39 is 11.9 Å². The molecule has 0 unspecified atom stereocenters. The molecular formula is C18H14N6O2. The molecule has 2 aromatic carbocycles. The van der Waals surface area contributed by atoms with Crippen molar-refractivity contribution in [3.63, 3.8) is 0 Å². The first-order valence-corrected chi connectivity index (χ1v) is 7.55. The second-order valence-electron chi connectivity index (χ2n) is 5.43. The van der Waals surface area contributed by atoms with Gasteiger partial charge in [-0.1, -0.05) is 24.3 Å². The largest absolute Gasteiger partial charge is 0.364 e. The van der Waals surface area contributed by atoms with Crippen molar-refractivity contribution in [1.29, 1.82) is 5.26 Å². The quantitative estimate of drug-likeness (QED) is 0.664. The van der Waals surface area contributed by atoms with Crippen LogP contribution in [0.3, 0.4) is 0 Å². The zero-order valence-corrected chi connectivity index (χ0v) is 13.5. The zero-order chi connectivity index (χ0) is 18.7. The van der Waals surface area contributed by atoms with E-state index in [2.05, 4.69) is 16.5 Å². The van der Waals surface area contributed by atoms with Gasteiger partial charge in [-0.3, -0.25) is 4.79 Å². The van der Waals surface area contributed by atoms with E-state index in [-0.39, 0.29) is 11.4 Å². The van der Waals surface area contributed by atoms with Gasteiger partial charge in [0, 0.05) is 0 Å². The van der Waals surface area contributed by atoms with Gasteiger partial charge in [-0.05, 0) is 35.4 Å². The number of amides is 3. The third-order valence-corrected chi connectivity index (χ3v) is 3.64. The van der Waals surface area contributed by atoms with E-state index in [1.54, 1.807) is 24.3 Å². The summed E-state index contributed by atoms with van der Waals surface area (Å²) in [5, 5.41) is 15.5. The number of hydrogen-bond donors (Lipinski definition) is 3. The number of aromatic nitrogens is 2. The van der Waals surface area contributed by atoms with Gasteiger partial charge < -0.3 is 16.8 Å². The second kappa shape index (κ2) is 6.78. The molecular weight excluding hydrogens is 332 g/mol. The standard InChI is InChI=1S/C18H14N6O2/c19-9-11-3-1-4-12(7-11)13-5-2-6-14(8-13)24-10-15(22-18(21)26)16(23-24)17(20)25/h1-8,10H,(H2,20,25)(H3,21,22,26). The average molecular weight is 346 g/mol. The molecule has 8 heteroatoms. The Labute approximate surface area is 148 Å². The predicted molar refractivity (Wildman–Crippen MR) is 95.4 cm³/mol. The number of carbonyl (C=O) groups excluding carboxylic acids is 2. The molecule has 1 heterocycles. The second-order valence-corrected chi connectivity index (χ2v) is 5.43. The van der Waals surface area contributed by atoms with Gasteiger partial charge in [0.2, 0.25) is 0 Å². The van der Waals surface area contributed by atoms with Crippen molar-refractivity contribution >= 4 is 17.6 Å². The third kappa shape index (κ3) is 3.37. The predicted octanol–water partition coefficient (Wildman–Crippen LogP) is 2.00. The van der Waals surface area contributed by atoms with E-state index in [9.17, 15) is 9.59 Å². The summed E-state index contributed by atoms with van der Waals surface area (Å²) in [6.07, 6.45) is 1.45. The summed E-state index contributed by atoms with van der Waals surface area (Å²) in [7, 11) is 0. The lowest BCUT2D eigenvalue weighted by molar-refractivity contribution is 0.0996. The van der Waals surface area contributed by atoms with Crippen LogP contribution in [0.2, 0.25) is 0 Å². The lowest BCUT2D eigenvalue weighted by Crippen LogP contribution is -2.22. The van der Waals surface area contributed by atoms with Crippen molar-refractivity contribution < 1.29 is 9.59 Å². The van der Waals surface area contributed by atoms with Gasteiger partial charge in [0.1, 0.15) is 0 Å². The van der Waals surface area contributed by atoms with E-state index in [0.717, 1.165) is 11.1 Å². The Kier molecular flexibility index (Phi) is 4.36. The number of rotatable bonds is 4. The molecule has 0 aliphatic rings. The van der Waals surface area contributed by atoms with E-state index in [1.807, 2.05) is 24.3 Å². The molecule has 0 aliphatic carbocycles. The van der Waals surface area contributed by atoms with Crippen LogP contribution in [0.15, 0.2) is 54.7 Å². The topological polar surface area (TPSA) is 140 Å². The summed E-state index contributed by atoms with van der Waals surface area (Å²) >= 11 is 0. The van der Waals surface area contributed by atoms with E-state index in [4.69, 9.17) is 16.7 Å². The molecule has 0 atom stereocenters. The van der Waals surface area contributed by atoms with Crippen LogP contribution in [0.1, 0.15) is 16.1 Å². The number of nitrogens with zero attached hydrogens (tertiary/aromatic N) is 3. The highest BCUT2D eigenvalue weighted by atomic mass is 16.2. The molecule has 5 N–H and O–H groups in total. The average Bonchev–Trinajstić information content (AvgIpc) is 3.05. The summed E-state index contributed by atoms with van der Waals surface area (Å²) in [6.45, 7) is 0. The number of benzene rings is 2. The molecule has 0 fully saturated rings. The highest BCUT2D eigenvalue weighted by Gasteiger charge is 2.16. The van der Waals surface area contributed by atoms with E-state index >= 15 is 0 Å². The van der Waals surface area contributed by atoms with Crippen LogP contribution in [-0.2, 0) is 0 Å². The van der Waals surface area contributed by atoms with Gasteiger partial charge in [-0.2, -0.15) is 10.4 Å². The molecule has 0 spiro atoms. The van der Waals surface area contributed by atoms with Crippen LogP contribution in [0.25, 0.3) is 16.8 Å². The molecule has 3 rings (SSSR count). The Morgan fingerprint density at radius 1 is 1.08 bits per heavy atom. The summed E-state index contributed by atoms with van der Waals surface area (Å²) < 4.78 is 1.42. The molecule has 1 aromatic heterocycles. The Balaban J connectivity index is 2.04. The minimum atomic E-state index is -0.825. The number of nitriles is 1. The molecule has 0 bridgehead atoms. The molecule has 26 heavy (non-hydrogen) atoms. The third-order valence-electron chi connectivity index (χ3n) is 3.64. The first-order chi connectivity index (χ1) is 12.5. The Morgan fingerprint density at radius 2 is 1.77 bits per heavy atom. The number of hydrogen-bond acceptors (Lipinski definition) is 4. The molecule has 0 saturated heterocycles. The van der Waals surface area contributed by atoms with E-state index in [1.165, 1.54) is 10.9 Å². The highest BCUT2D eigenvalue weighted by molar-refractivity contribution is 6.00. The molecule has 3 aromatic rings. The number of carbonyl (C=O) groups is 2. The van der Waals surface area contributed by atoms with Crippen LogP contribution < -0.4 is 16.8 Å². The first-order valence-electron chi connectivity index (χ1n) is 7.55. The van der Waals surface area contributed by atoms with Gasteiger partial charge in [0.25, 0.3) is 5.91 Å². The number of nitrogens with one attached hydrogen (secondary N) is 1. The van der Waals surface area contributed by atoms with Crippen molar-refractivity contribution in [2.75, 3.05) is 5.32 Å². The van der Waals surface area contributed by atoms with Crippen molar-refractivity contribution in [2.45, 2.75) is 0 Å². The van der Waals surface area contributed by atoms with Gasteiger partial charge >= 0.3 is 6.03 Å². The maximum Gasteiger partial charge on any atom is 0.316 e. The molecule has 0 radical (unpaired) electrons. The van der Waals surface area contributed by atoms with Crippen LogP contribution in [0.5, 0.6) is 0 Å². The monoisotopic (exact) mass is 346 g/mol. The van der Waals surface area contributed by atoms with Gasteiger partial charge in [-0.25, -0.2) is 9.48 Å². The smallest absolute Gasteiger partial charge is 0.316 e. The lowest BCUT2D eigenvalue weighted by atomic mass is 10.0. The maximum atomic E-state index is 11.5. The van der Waals surface area contributed by atoms with Gasteiger partial charge in [0.05, 0.1) is 29.2 Å². The van der Waals surface area contributed by atoms with Gasteiger partial charge in [-0.15, -0.1) is 0 Å². The summed E-state index contributed by atoms with van der Waals surface area (Å²) in [5.74, 6) is -0.787. The van der Waals surface area contributed by atoms with Crippen molar-refractivity contribution in [3.05, 3.63) is 66.0 Å². The van der Waals surface area contributed by atoms with Crippen LogP contribution in [-0.4, -0.2) is 21.7 Å². The molecule has 0 aliphatic heterocycles. The molecule has 128 valence electrons. The lowest BCUT2D eigenvalue weighted by Gasteiger charge is -2.06. The normalized spacial score (nSPS) is 10.1. The number of anilines is 1. The first kappa shape index (κ1) is 16.7. The van der Waals surface area contributed by atoms with Gasteiger partial charge in [0.15, 0.2) is 5.69 Å². The SMILES string of the molecule is N#Cc1cccc(-c2cccc(-n3cc(NC(N)=O)c(C(N)=O)n3)c2)c1. The van der Waals surface area contributed by atoms with Crippen molar-refractivity contribution in [1.82, 2.24) is 9.78 Å².